The Labute approximate surface area is 323 Å². The number of thiophene rings is 1. The molecule has 0 unspecified atom stereocenters. The van der Waals surface area contributed by atoms with Crippen LogP contribution in [0.3, 0.4) is 0 Å². The summed E-state index contributed by atoms with van der Waals surface area (Å²) >= 11 is 1.77. The van der Waals surface area contributed by atoms with Gasteiger partial charge in [-0.15, -0.1) is 27.7 Å². The van der Waals surface area contributed by atoms with E-state index in [9.17, 15) is 0 Å². The van der Waals surface area contributed by atoms with Crippen LogP contribution in [0, 0.1) is 0 Å². The number of benzene rings is 8. The molecule has 0 saturated heterocycles. The van der Waals surface area contributed by atoms with Gasteiger partial charge in [-0.1, -0.05) is 132 Å². The number of hydrogen-bond acceptors (Lipinski definition) is 3. The molecule has 54 heavy (non-hydrogen) atoms. The molecule has 0 atom stereocenters. The predicted octanol–water partition coefficient (Wildman–Crippen LogP) is 6.94. The Morgan fingerprint density at radius 1 is 0.389 bits per heavy atom. The minimum absolute atomic E-state index is 0.157. The van der Waals surface area contributed by atoms with Crippen molar-refractivity contribution in [1.29, 1.82) is 0 Å². The summed E-state index contributed by atoms with van der Waals surface area (Å²) in [5.74, 6) is 0.527. The molecular weight excluding hydrogens is 667 g/mol. The molecule has 0 saturated carbocycles. The van der Waals surface area contributed by atoms with Crippen LogP contribution in [0.5, 0.6) is 0 Å². The van der Waals surface area contributed by atoms with E-state index >= 15 is 0 Å². The van der Waals surface area contributed by atoms with Gasteiger partial charge < -0.3 is 0 Å². The highest BCUT2D eigenvalue weighted by atomic mass is 32.1. The first-order chi connectivity index (χ1) is 26.4. The fourth-order valence-electron chi connectivity index (χ4n) is 7.91. The van der Waals surface area contributed by atoms with E-state index in [-0.39, 0.29) is 27.3 Å². The molecule has 0 aliphatic rings. The zero-order valence-electron chi connectivity index (χ0n) is 29.0. The second-order valence-electron chi connectivity index (χ2n) is 13.6. The van der Waals surface area contributed by atoms with Gasteiger partial charge in [0.1, 0.15) is 39.2 Å². The van der Waals surface area contributed by atoms with E-state index < -0.39 is 0 Å². The van der Waals surface area contributed by atoms with Gasteiger partial charge in [0.15, 0.2) is 5.82 Å². The van der Waals surface area contributed by atoms with Crippen LogP contribution in [-0.2, 0) is 0 Å². The molecule has 2 nitrogen and oxygen atoms in total. The number of aromatic nitrogens is 2. The molecule has 2 heterocycles. The molecule has 10 aromatic rings. The molecule has 10 rings (SSSR count). The van der Waals surface area contributed by atoms with Gasteiger partial charge in [0.25, 0.3) is 0 Å². The minimum atomic E-state index is 0.157. The van der Waals surface area contributed by atoms with Crippen LogP contribution < -0.4 is 27.3 Å². The third-order valence-corrected chi connectivity index (χ3v) is 11.8. The summed E-state index contributed by atoms with van der Waals surface area (Å²) in [6.07, 6.45) is 0. The molecule has 8 aromatic carbocycles. The van der Waals surface area contributed by atoms with E-state index in [1.807, 2.05) is 36.4 Å². The molecule has 2 aromatic heterocycles. The summed E-state index contributed by atoms with van der Waals surface area (Å²) in [5, 5.41) is 9.71. The Bertz CT molecular complexity index is 3110. The van der Waals surface area contributed by atoms with Gasteiger partial charge in [-0.05, 0) is 67.2 Å². The van der Waals surface area contributed by atoms with Gasteiger partial charge in [0.05, 0.1) is 11.4 Å². The molecule has 0 bridgehead atoms. The number of nitrogens with zero attached hydrogens (tertiary/aromatic N) is 2. The van der Waals surface area contributed by atoms with Crippen molar-refractivity contribution in [2.45, 2.75) is 0 Å². The van der Waals surface area contributed by atoms with Crippen LogP contribution in [0.15, 0.2) is 140 Å². The third-order valence-electron chi connectivity index (χ3n) is 10.6. The summed E-state index contributed by atoms with van der Waals surface area (Å²) in [7, 11) is 32.0. The van der Waals surface area contributed by atoms with E-state index in [0.29, 0.717) is 22.8 Å². The van der Waals surface area contributed by atoms with Gasteiger partial charge in [-0.3, -0.25) is 0 Å². The highest BCUT2D eigenvalue weighted by molar-refractivity contribution is 7.26. The molecule has 0 spiro atoms. The zero-order chi connectivity index (χ0) is 36.7. The van der Waals surface area contributed by atoms with Crippen molar-refractivity contribution in [3.8, 4) is 45.0 Å². The summed E-state index contributed by atoms with van der Waals surface area (Å²) in [6.45, 7) is 0. The van der Waals surface area contributed by atoms with Crippen LogP contribution in [0.2, 0.25) is 0 Å². The lowest BCUT2D eigenvalue weighted by atomic mass is 9.60. The van der Waals surface area contributed by atoms with Crippen molar-refractivity contribution in [2.75, 3.05) is 0 Å². The lowest BCUT2D eigenvalue weighted by Gasteiger charge is -2.21. The van der Waals surface area contributed by atoms with E-state index in [1.165, 1.54) is 42.6 Å². The van der Waals surface area contributed by atoms with Gasteiger partial charge >= 0.3 is 0 Å². The average molecular weight is 690 g/mol. The highest BCUT2D eigenvalue weighted by Gasteiger charge is 2.20. The maximum atomic E-state index is 6.58. The first-order valence-corrected chi connectivity index (χ1v) is 18.4. The Hall–Kier alpha value is -5.84. The smallest absolute Gasteiger partial charge is 0.161 e. The molecule has 10 radical (unpaired) electrons. The van der Waals surface area contributed by atoms with E-state index in [2.05, 4.69) is 103 Å². The number of hydrogen-bond donors (Lipinski definition) is 0. The van der Waals surface area contributed by atoms with Gasteiger partial charge in [0.2, 0.25) is 0 Å². The summed E-state index contributed by atoms with van der Waals surface area (Å²) < 4.78 is 2.32. The first-order valence-electron chi connectivity index (χ1n) is 17.6. The quantitative estimate of drug-likeness (QED) is 0.148. The Morgan fingerprint density at radius 3 is 1.61 bits per heavy atom. The van der Waals surface area contributed by atoms with E-state index in [0.717, 1.165) is 32.2 Å². The minimum Gasteiger partial charge on any atom is -0.228 e. The summed E-state index contributed by atoms with van der Waals surface area (Å²) in [4.78, 5) is 10.3. The third kappa shape index (κ3) is 5.01. The molecule has 238 valence electrons. The van der Waals surface area contributed by atoms with Crippen LogP contribution in [0.4, 0.5) is 0 Å². The van der Waals surface area contributed by atoms with Gasteiger partial charge in [-0.25, -0.2) is 9.97 Å². The van der Waals surface area contributed by atoms with Crippen molar-refractivity contribution in [2.24, 2.45) is 0 Å². The van der Waals surface area contributed by atoms with E-state index in [4.69, 9.17) is 49.2 Å². The first kappa shape index (κ1) is 32.8. The van der Waals surface area contributed by atoms with Crippen molar-refractivity contribution in [1.82, 2.24) is 9.97 Å². The SMILES string of the molecule is [B]c1c([B])c([B])c(-c2cc(-c3ccccc3)nc(-c3cccc4sc5c(-c6ccc7c8ccccc8c8ccccc8c7c6)cccc5c34)n2)c([B])c1[B]. The fourth-order valence-corrected chi connectivity index (χ4v) is 9.18. The zero-order valence-corrected chi connectivity index (χ0v) is 29.8. The standard InChI is InChI=1S/C46H23B5N2S/c47-40-39(41(48)43(50)44(51)42(40)49)36-23-35(24-10-2-1-3-11-24)52-46(53-36)33-18-9-19-37-38(33)32-17-8-16-26(45(32)54-37)25-20-21-31-29-14-5-4-12-27(29)28-13-6-7-15-30(28)34(31)22-25/h1-23H. The molecular formula is C46H23B5N2S. The molecule has 0 amide bonds. The Kier molecular flexibility index (Phi) is 7.68. The Morgan fingerprint density at radius 2 is 0.926 bits per heavy atom. The van der Waals surface area contributed by atoms with Gasteiger partial charge in [0, 0.05) is 31.3 Å². The lowest BCUT2D eigenvalue weighted by molar-refractivity contribution is 1.19. The monoisotopic (exact) mass is 690 g/mol. The van der Waals surface area contributed by atoms with Crippen LogP contribution >= 0.6 is 11.3 Å². The van der Waals surface area contributed by atoms with Crippen molar-refractivity contribution in [3.63, 3.8) is 0 Å². The summed E-state index contributed by atoms with van der Waals surface area (Å²) in [5.41, 5.74) is 6.73. The average Bonchev–Trinajstić information content (AvgIpc) is 3.62. The van der Waals surface area contributed by atoms with Crippen LogP contribution in [0.25, 0.3) is 97.5 Å². The number of fused-ring (bicyclic) bond motifs is 9. The largest absolute Gasteiger partial charge is 0.228 e. The second kappa shape index (κ2) is 12.6. The van der Waals surface area contributed by atoms with Crippen molar-refractivity contribution < 1.29 is 0 Å². The van der Waals surface area contributed by atoms with Crippen molar-refractivity contribution in [3.05, 3.63) is 140 Å². The topological polar surface area (TPSA) is 25.8 Å². The molecule has 0 aliphatic heterocycles. The van der Waals surface area contributed by atoms with Crippen LogP contribution in [0.1, 0.15) is 0 Å². The molecule has 0 N–H and O–H groups in total. The molecule has 0 aliphatic carbocycles. The van der Waals surface area contributed by atoms with E-state index in [1.54, 1.807) is 11.3 Å². The Balaban J connectivity index is 1.21. The van der Waals surface area contributed by atoms with Crippen molar-refractivity contribution >= 4 is 130 Å². The number of rotatable bonds is 4. The maximum absolute atomic E-state index is 6.58. The van der Waals surface area contributed by atoms with Gasteiger partial charge in [-0.2, -0.15) is 0 Å². The normalized spacial score (nSPS) is 11.7. The van der Waals surface area contributed by atoms with Crippen LogP contribution in [-0.4, -0.2) is 49.2 Å². The maximum Gasteiger partial charge on any atom is 0.161 e. The second-order valence-corrected chi connectivity index (χ2v) is 14.6. The highest BCUT2D eigenvalue weighted by Crippen LogP contribution is 2.45. The lowest BCUT2D eigenvalue weighted by Crippen LogP contribution is -2.55. The summed E-state index contributed by atoms with van der Waals surface area (Å²) in [6, 6.07) is 48.9. The molecule has 8 heteroatoms. The fraction of sp³-hybridized carbons (Fsp3) is 0. The molecule has 0 fully saturated rings. The predicted molar refractivity (Wildman–Crippen MR) is 236 cm³/mol.